The van der Waals surface area contributed by atoms with Crippen molar-refractivity contribution in [2.45, 2.75) is 11.8 Å². The van der Waals surface area contributed by atoms with Crippen molar-refractivity contribution in [1.29, 1.82) is 0 Å². The van der Waals surface area contributed by atoms with Crippen molar-refractivity contribution in [3.63, 3.8) is 0 Å². The molecule has 17 heavy (non-hydrogen) atoms. The van der Waals surface area contributed by atoms with Crippen LogP contribution in [-0.4, -0.2) is 15.0 Å². The van der Waals surface area contributed by atoms with Crippen LogP contribution in [0.2, 0.25) is 10.0 Å². The number of alkyl halides is 1. The molecule has 0 aliphatic heterocycles. The molecule has 0 saturated heterocycles. The predicted molar refractivity (Wildman–Crippen MR) is 68.7 cm³/mol. The van der Waals surface area contributed by atoms with Crippen LogP contribution in [0.4, 0.5) is 4.39 Å². The summed E-state index contributed by atoms with van der Waals surface area (Å²) in [5.41, 5.74) is 1.33. The van der Waals surface area contributed by atoms with Gasteiger partial charge in [0.1, 0.15) is 0 Å². The Morgan fingerprint density at radius 3 is 2.41 bits per heavy atom. The quantitative estimate of drug-likeness (QED) is 0.607. The highest BCUT2D eigenvalue weighted by molar-refractivity contribution is 9.09. The zero-order chi connectivity index (χ0) is 12.6. The summed E-state index contributed by atoms with van der Waals surface area (Å²) in [5, 5.41) is 7.79. The molecule has 0 bridgehead atoms. The summed E-state index contributed by atoms with van der Waals surface area (Å²) < 4.78 is 14.7. The standard InChI is InChI=1S/C10H7BrCl2FN3/c1-5(11)9-4-17(16-15-9)6-2-7(12)10(14)8(13)3-6/h2-5H,1H3. The van der Waals surface area contributed by atoms with Crippen molar-refractivity contribution in [3.8, 4) is 5.69 Å². The molecule has 0 amide bonds. The van der Waals surface area contributed by atoms with E-state index >= 15 is 0 Å². The van der Waals surface area contributed by atoms with Gasteiger partial charge in [-0.25, -0.2) is 9.07 Å². The highest BCUT2D eigenvalue weighted by atomic mass is 79.9. The van der Waals surface area contributed by atoms with Crippen molar-refractivity contribution in [1.82, 2.24) is 15.0 Å². The monoisotopic (exact) mass is 337 g/mol. The maximum Gasteiger partial charge on any atom is 0.160 e. The van der Waals surface area contributed by atoms with Crippen LogP contribution in [0.15, 0.2) is 18.3 Å². The Labute approximate surface area is 116 Å². The van der Waals surface area contributed by atoms with Crippen LogP contribution in [-0.2, 0) is 0 Å². The van der Waals surface area contributed by atoms with Gasteiger partial charge in [0, 0.05) is 0 Å². The van der Waals surface area contributed by atoms with Crippen molar-refractivity contribution in [2.24, 2.45) is 0 Å². The topological polar surface area (TPSA) is 30.7 Å². The van der Waals surface area contributed by atoms with E-state index in [9.17, 15) is 4.39 Å². The second-order valence-corrected chi connectivity index (χ2v) is 5.62. The molecule has 1 aromatic carbocycles. The highest BCUT2D eigenvalue weighted by Crippen LogP contribution is 2.27. The number of halogens is 4. The zero-order valence-electron chi connectivity index (χ0n) is 8.66. The van der Waals surface area contributed by atoms with E-state index in [1.807, 2.05) is 6.92 Å². The van der Waals surface area contributed by atoms with Crippen LogP contribution in [0.5, 0.6) is 0 Å². The van der Waals surface area contributed by atoms with Crippen LogP contribution >= 0.6 is 39.1 Å². The first kappa shape index (κ1) is 12.8. The molecule has 0 radical (unpaired) electrons. The lowest BCUT2D eigenvalue weighted by Gasteiger charge is -2.03. The van der Waals surface area contributed by atoms with Gasteiger partial charge in [-0.05, 0) is 19.1 Å². The normalized spacial score (nSPS) is 12.8. The molecule has 2 aromatic rings. The highest BCUT2D eigenvalue weighted by Gasteiger charge is 2.11. The van der Waals surface area contributed by atoms with Gasteiger partial charge < -0.3 is 0 Å². The Balaban J connectivity index is 2.46. The average molecular weight is 339 g/mol. The smallest absolute Gasteiger partial charge is 0.160 e. The number of benzene rings is 1. The third kappa shape index (κ3) is 2.61. The first-order valence-electron chi connectivity index (χ1n) is 4.70. The van der Waals surface area contributed by atoms with Crippen LogP contribution in [0.1, 0.15) is 17.4 Å². The molecule has 0 fully saturated rings. The van der Waals surface area contributed by atoms with Crippen molar-refractivity contribution in [2.75, 3.05) is 0 Å². The van der Waals surface area contributed by atoms with E-state index in [1.54, 1.807) is 6.20 Å². The third-order valence-corrected chi connectivity index (χ3v) is 3.17. The molecule has 1 atom stereocenters. The van der Waals surface area contributed by atoms with E-state index in [4.69, 9.17) is 23.2 Å². The number of hydrogen-bond acceptors (Lipinski definition) is 2. The van der Waals surface area contributed by atoms with Gasteiger partial charge >= 0.3 is 0 Å². The lowest BCUT2D eigenvalue weighted by Crippen LogP contribution is -1.96. The zero-order valence-corrected chi connectivity index (χ0v) is 11.8. The van der Waals surface area contributed by atoms with Crippen molar-refractivity contribution < 1.29 is 4.39 Å². The summed E-state index contributed by atoms with van der Waals surface area (Å²) >= 11 is 14.8. The van der Waals surface area contributed by atoms with Gasteiger partial charge in [-0.2, -0.15) is 0 Å². The molecule has 0 spiro atoms. The summed E-state index contributed by atoms with van der Waals surface area (Å²) in [5.74, 6) is -0.633. The molecule has 1 heterocycles. The van der Waals surface area contributed by atoms with E-state index in [1.165, 1.54) is 16.8 Å². The van der Waals surface area contributed by atoms with E-state index in [-0.39, 0.29) is 14.9 Å². The molecule has 2 rings (SSSR count). The largest absolute Gasteiger partial charge is 0.220 e. The maximum absolute atomic E-state index is 13.2. The predicted octanol–water partition coefficient (Wildman–Crippen LogP) is 4.17. The van der Waals surface area contributed by atoms with Crippen LogP contribution in [0, 0.1) is 5.82 Å². The lowest BCUT2D eigenvalue weighted by molar-refractivity contribution is 0.627. The maximum atomic E-state index is 13.2. The minimum absolute atomic E-state index is 0.0450. The van der Waals surface area contributed by atoms with Gasteiger partial charge in [0.05, 0.1) is 32.5 Å². The molecular formula is C10H7BrCl2FN3. The van der Waals surface area contributed by atoms with Gasteiger partial charge in [-0.3, -0.25) is 0 Å². The van der Waals surface area contributed by atoms with Gasteiger partial charge in [-0.1, -0.05) is 44.3 Å². The molecule has 1 unspecified atom stereocenters. The summed E-state index contributed by atoms with van der Waals surface area (Å²) in [4.78, 5) is 0.0858. The molecule has 0 saturated carbocycles. The minimum Gasteiger partial charge on any atom is -0.220 e. The molecule has 90 valence electrons. The summed E-state index contributed by atoms with van der Waals surface area (Å²) in [6, 6.07) is 2.89. The molecule has 3 nitrogen and oxygen atoms in total. The van der Waals surface area contributed by atoms with Crippen LogP contribution < -0.4 is 0 Å². The fourth-order valence-corrected chi connectivity index (χ4v) is 1.94. The van der Waals surface area contributed by atoms with Crippen molar-refractivity contribution >= 4 is 39.1 Å². The van der Waals surface area contributed by atoms with Crippen LogP contribution in [0.3, 0.4) is 0 Å². The van der Waals surface area contributed by atoms with E-state index < -0.39 is 5.82 Å². The van der Waals surface area contributed by atoms with E-state index in [0.29, 0.717) is 5.69 Å². The number of hydrogen-bond donors (Lipinski definition) is 0. The first-order chi connectivity index (χ1) is 7.99. The Bertz CT molecular complexity index is 533. The molecule has 7 heteroatoms. The Kier molecular flexibility index (Phi) is 3.70. The van der Waals surface area contributed by atoms with E-state index in [0.717, 1.165) is 5.69 Å². The second-order valence-electron chi connectivity index (χ2n) is 3.43. The van der Waals surface area contributed by atoms with E-state index in [2.05, 4.69) is 26.2 Å². The SMILES string of the molecule is CC(Br)c1cn(-c2cc(Cl)c(F)c(Cl)c2)nn1. The first-order valence-corrected chi connectivity index (χ1v) is 6.37. The lowest BCUT2D eigenvalue weighted by atomic mass is 10.3. The van der Waals surface area contributed by atoms with Gasteiger partial charge in [0.15, 0.2) is 5.82 Å². The van der Waals surface area contributed by atoms with Gasteiger partial charge in [0.2, 0.25) is 0 Å². The Hall–Kier alpha value is -0.650. The number of nitrogens with zero attached hydrogens (tertiary/aromatic N) is 3. The fourth-order valence-electron chi connectivity index (χ4n) is 1.26. The molecule has 1 aromatic heterocycles. The Morgan fingerprint density at radius 1 is 1.35 bits per heavy atom. The minimum atomic E-state index is -0.633. The second kappa shape index (κ2) is 4.92. The third-order valence-electron chi connectivity index (χ3n) is 2.15. The number of rotatable bonds is 2. The molecule has 0 N–H and O–H groups in total. The summed E-state index contributed by atoms with van der Waals surface area (Å²) in [6.45, 7) is 1.93. The fraction of sp³-hybridized carbons (Fsp3) is 0.200. The molecule has 0 aliphatic rings. The van der Waals surface area contributed by atoms with Gasteiger partial charge in [-0.15, -0.1) is 5.10 Å². The molecule has 0 aliphatic carbocycles. The van der Waals surface area contributed by atoms with Crippen molar-refractivity contribution in [3.05, 3.63) is 39.9 Å². The van der Waals surface area contributed by atoms with Gasteiger partial charge in [0.25, 0.3) is 0 Å². The summed E-state index contributed by atoms with van der Waals surface area (Å²) in [6.07, 6.45) is 1.72. The number of aromatic nitrogens is 3. The Morgan fingerprint density at radius 2 is 1.94 bits per heavy atom. The average Bonchev–Trinajstić information content (AvgIpc) is 2.74. The van der Waals surface area contributed by atoms with Crippen LogP contribution in [0.25, 0.3) is 5.69 Å². The summed E-state index contributed by atoms with van der Waals surface area (Å²) in [7, 11) is 0. The molecular weight excluding hydrogens is 332 g/mol.